The van der Waals surface area contributed by atoms with Gasteiger partial charge in [-0.05, 0) is 11.6 Å². The van der Waals surface area contributed by atoms with Gasteiger partial charge in [0.15, 0.2) is 0 Å². The standard InChI is InChI=1S/C2H3ClF2.CH3Cl/c1-2(3,4)5;1-2/h1H3;1H3. The highest BCUT2D eigenvalue weighted by molar-refractivity contribution is 6.21. The second kappa shape index (κ2) is 4.60. The van der Waals surface area contributed by atoms with Crippen LogP contribution in [0.2, 0.25) is 0 Å². The summed E-state index contributed by atoms with van der Waals surface area (Å²) in [6, 6.07) is 0. The molecule has 0 aromatic rings. The number of rotatable bonds is 0. The van der Waals surface area contributed by atoms with E-state index >= 15 is 0 Å². The molecule has 46 valence electrons. The zero-order chi connectivity index (χ0) is 6.50. The summed E-state index contributed by atoms with van der Waals surface area (Å²) in [5, 5.41) is -3.03. The summed E-state index contributed by atoms with van der Waals surface area (Å²) in [6.07, 6.45) is 1.47. The third-order valence-electron chi connectivity index (χ3n) is 0. The SMILES string of the molecule is CC(F)(F)Cl.CCl. The molecule has 0 rings (SSSR count). The van der Waals surface area contributed by atoms with Crippen molar-refractivity contribution in [2.24, 2.45) is 0 Å². The fraction of sp³-hybridized carbons (Fsp3) is 1.00. The van der Waals surface area contributed by atoms with Gasteiger partial charge < -0.3 is 0 Å². The molecule has 0 saturated carbocycles. The molecule has 0 aliphatic carbocycles. The van der Waals surface area contributed by atoms with Gasteiger partial charge in [0, 0.05) is 13.3 Å². The number of alkyl halides is 4. The van der Waals surface area contributed by atoms with Gasteiger partial charge in [0.25, 0.3) is 0 Å². The van der Waals surface area contributed by atoms with Crippen molar-refractivity contribution in [3.05, 3.63) is 0 Å². The molecule has 0 aromatic carbocycles. The summed E-state index contributed by atoms with van der Waals surface area (Å²) >= 11 is 8.84. The van der Waals surface area contributed by atoms with Gasteiger partial charge in [0.1, 0.15) is 0 Å². The van der Waals surface area contributed by atoms with Gasteiger partial charge in [-0.15, -0.1) is 11.6 Å². The predicted octanol–water partition coefficient (Wildman–Crippen LogP) is 2.69. The van der Waals surface area contributed by atoms with E-state index in [1.54, 1.807) is 0 Å². The highest BCUT2D eigenvalue weighted by atomic mass is 35.5. The van der Waals surface area contributed by atoms with E-state index < -0.39 is 5.38 Å². The molecule has 0 unspecified atom stereocenters. The van der Waals surface area contributed by atoms with Crippen LogP contribution in [0.25, 0.3) is 0 Å². The Morgan fingerprint density at radius 3 is 1.29 bits per heavy atom. The summed E-state index contributed by atoms with van der Waals surface area (Å²) in [6.45, 7) is 0.620. The molecule has 0 aliphatic rings. The normalized spacial score (nSPS) is 9.43. The van der Waals surface area contributed by atoms with Gasteiger partial charge in [-0.1, -0.05) is 0 Å². The monoisotopic (exact) mass is 150 g/mol. The van der Waals surface area contributed by atoms with Crippen LogP contribution in [0.3, 0.4) is 0 Å². The lowest BCUT2D eigenvalue weighted by Gasteiger charge is -1.90. The molecule has 0 fully saturated rings. The quantitative estimate of drug-likeness (QED) is 0.467. The Morgan fingerprint density at radius 2 is 1.29 bits per heavy atom. The lowest BCUT2D eigenvalue weighted by molar-refractivity contribution is 0.119. The van der Waals surface area contributed by atoms with Crippen molar-refractivity contribution in [1.82, 2.24) is 0 Å². The van der Waals surface area contributed by atoms with Gasteiger partial charge in [0.05, 0.1) is 0 Å². The molecule has 0 N–H and O–H groups in total. The van der Waals surface area contributed by atoms with Crippen molar-refractivity contribution >= 4 is 23.2 Å². The first-order valence-electron chi connectivity index (χ1n) is 1.44. The first-order chi connectivity index (χ1) is 3.00. The molecule has 4 heteroatoms. The average molecular weight is 151 g/mol. The molecule has 0 aliphatic heterocycles. The zero-order valence-corrected chi connectivity index (χ0v) is 5.52. The van der Waals surface area contributed by atoms with Crippen LogP contribution in [0.1, 0.15) is 6.92 Å². The Morgan fingerprint density at radius 1 is 1.29 bits per heavy atom. The van der Waals surface area contributed by atoms with Crippen molar-refractivity contribution in [1.29, 1.82) is 0 Å². The molecular formula is C3H6Cl2F2. The summed E-state index contributed by atoms with van der Waals surface area (Å²) in [7, 11) is 0. The maximum absolute atomic E-state index is 10.8. The maximum atomic E-state index is 10.8. The molecule has 0 atom stereocenters. The van der Waals surface area contributed by atoms with E-state index in [1.165, 1.54) is 6.38 Å². The molecule has 0 saturated heterocycles. The van der Waals surface area contributed by atoms with E-state index in [2.05, 4.69) is 23.2 Å². The second-order valence-electron chi connectivity index (χ2n) is 0.781. The van der Waals surface area contributed by atoms with Gasteiger partial charge >= 0.3 is 5.38 Å². The molecule has 0 nitrogen and oxygen atoms in total. The van der Waals surface area contributed by atoms with Crippen molar-refractivity contribution in [3.63, 3.8) is 0 Å². The lowest BCUT2D eigenvalue weighted by atomic mass is 10.9. The predicted molar refractivity (Wildman–Crippen MR) is 28.3 cm³/mol. The van der Waals surface area contributed by atoms with Crippen LogP contribution in [0.15, 0.2) is 0 Å². The Hall–Kier alpha value is 0.440. The largest absolute Gasteiger partial charge is 0.318 e. The van der Waals surface area contributed by atoms with E-state index in [9.17, 15) is 8.78 Å². The molecule has 0 bridgehead atoms. The van der Waals surface area contributed by atoms with Gasteiger partial charge in [-0.25, -0.2) is 0 Å². The highest BCUT2D eigenvalue weighted by Crippen LogP contribution is 2.15. The van der Waals surface area contributed by atoms with Gasteiger partial charge in [-0.2, -0.15) is 8.78 Å². The summed E-state index contributed by atoms with van der Waals surface area (Å²) < 4.78 is 21.6. The van der Waals surface area contributed by atoms with Crippen molar-refractivity contribution in [2.75, 3.05) is 6.38 Å². The maximum Gasteiger partial charge on any atom is 0.318 e. The van der Waals surface area contributed by atoms with Crippen molar-refractivity contribution in [3.8, 4) is 0 Å². The van der Waals surface area contributed by atoms with Crippen LogP contribution in [0.5, 0.6) is 0 Å². The zero-order valence-electron chi connectivity index (χ0n) is 4.01. The van der Waals surface area contributed by atoms with E-state index in [-0.39, 0.29) is 0 Å². The fourth-order valence-electron chi connectivity index (χ4n) is 0. The topological polar surface area (TPSA) is 0 Å². The Balaban J connectivity index is 0. The Bertz CT molecular complexity index is 26.4. The highest BCUT2D eigenvalue weighted by Gasteiger charge is 2.12. The van der Waals surface area contributed by atoms with Crippen LogP contribution >= 0.6 is 23.2 Å². The van der Waals surface area contributed by atoms with E-state index in [0.717, 1.165) is 0 Å². The molecule has 0 spiro atoms. The van der Waals surface area contributed by atoms with Crippen molar-refractivity contribution in [2.45, 2.75) is 12.3 Å². The number of hydrogen-bond donors (Lipinski definition) is 0. The van der Waals surface area contributed by atoms with E-state index in [4.69, 9.17) is 0 Å². The minimum Gasteiger partial charge on any atom is -0.189 e. The van der Waals surface area contributed by atoms with E-state index in [0.29, 0.717) is 6.92 Å². The lowest BCUT2D eigenvalue weighted by Crippen LogP contribution is -1.92. The van der Waals surface area contributed by atoms with Crippen LogP contribution in [-0.4, -0.2) is 11.8 Å². The minimum absolute atomic E-state index is 0.620. The molecule has 0 aromatic heterocycles. The fourth-order valence-corrected chi connectivity index (χ4v) is 0. The summed E-state index contributed by atoms with van der Waals surface area (Å²) in [5.74, 6) is 0. The number of hydrogen-bond acceptors (Lipinski definition) is 0. The minimum atomic E-state index is -3.03. The molecule has 0 heterocycles. The molecule has 0 amide bonds. The smallest absolute Gasteiger partial charge is 0.189 e. The van der Waals surface area contributed by atoms with Crippen LogP contribution in [0.4, 0.5) is 8.78 Å². The van der Waals surface area contributed by atoms with E-state index in [1.807, 2.05) is 0 Å². The molecular weight excluding hydrogens is 145 g/mol. The average Bonchev–Trinajstić information content (AvgIpc) is 1.36. The third-order valence-corrected chi connectivity index (χ3v) is 0. The van der Waals surface area contributed by atoms with Gasteiger partial charge in [-0.3, -0.25) is 0 Å². The summed E-state index contributed by atoms with van der Waals surface area (Å²) in [4.78, 5) is 0. The third kappa shape index (κ3) is 656. The molecule has 0 radical (unpaired) electrons. The number of halogens is 4. The Kier molecular flexibility index (Phi) is 6.84. The van der Waals surface area contributed by atoms with Crippen LogP contribution in [-0.2, 0) is 0 Å². The summed E-state index contributed by atoms with van der Waals surface area (Å²) in [5.41, 5.74) is 0. The first kappa shape index (κ1) is 10.4. The first-order valence-corrected chi connectivity index (χ1v) is 2.58. The van der Waals surface area contributed by atoms with Crippen LogP contribution in [0, 0.1) is 0 Å². The molecule has 7 heavy (non-hydrogen) atoms. The second-order valence-corrected chi connectivity index (χ2v) is 1.44. The van der Waals surface area contributed by atoms with Gasteiger partial charge in [0.2, 0.25) is 0 Å². The van der Waals surface area contributed by atoms with Crippen molar-refractivity contribution < 1.29 is 8.78 Å². The van der Waals surface area contributed by atoms with Crippen LogP contribution < -0.4 is 0 Å². The Labute approximate surface area is 51.4 Å².